The Morgan fingerprint density at radius 1 is 0.178 bits per heavy atom. The van der Waals surface area contributed by atoms with E-state index < -0.39 is 18.4 Å². The third-order valence-electron chi connectivity index (χ3n) is 11.2. The molecule has 0 nitrogen and oxygen atoms in total. The molecule has 0 aliphatic rings. The van der Waals surface area contributed by atoms with Crippen molar-refractivity contribution in [3.63, 3.8) is 0 Å². The van der Waals surface area contributed by atoms with Crippen molar-refractivity contribution in [1.82, 2.24) is 0 Å². The molecule has 0 rings (SSSR count). The van der Waals surface area contributed by atoms with Gasteiger partial charge in [0.05, 0.1) is 0 Å². The number of rotatable bonds is 40. The van der Waals surface area contributed by atoms with Crippen molar-refractivity contribution in [3.05, 3.63) is 0 Å². The van der Waals surface area contributed by atoms with Crippen LogP contribution in [0.5, 0.6) is 0 Å². The molecule has 0 saturated heterocycles. The van der Waals surface area contributed by atoms with E-state index in [2.05, 4.69) is 27.7 Å². The van der Waals surface area contributed by atoms with E-state index in [1.807, 2.05) is 0 Å². The summed E-state index contributed by atoms with van der Waals surface area (Å²) in [5, 5.41) is 0. The van der Waals surface area contributed by atoms with Crippen LogP contribution in [-0.2, 0) is 0 Å². The quantitative estimate of drug-likeness (QED) is 0.0434. The SMILES string of the molecule is CCCCCCCCCC[CH2][Sn]([CH2]CCCCCCCCCC)([CH2]CCCCCCCCCC)[CH2]CCCCCCCCCC. The number of hydrogen-bond donors (Lipinski definition) is 0. The van der Waals surface area contributed by atoms with Crippen molar-refractivity contribution in [2.24, 2.45) is 0 Å². The van der Waals surface area contributed by atoms with Crippen molar-refractivity contribution < 1.29 is 0 Å². The Bertz CT molecular complexity index is 420. The van der Waals surface area contributed by atoms with Gasteiger partial charge in [-0.1, -0.05) is 0 Å². The minimum absolute atomic E-state index is 1.38. The van der Waals surface area contributed by atoms with E-state index in [0.29, 0.717) is 0 Å². The molecule has 0 spiro atoms. The van der Waals surface area contributed by atoms with Crippen LogP contribution < -0.4 is 0 Å². The minimum atomic E-state index is -2.07. The second-order valence-electron chi connectivity index (χ2n) is 15.8. The molecule has 272 valence electrons. The normalized spacial score (nSPS) is 12.0. The molecule has 0 atom stereocenters. The van der Waals surface area contributed by atoms with Gasteiger partial charge in [0.2, 0.25) is 0 Å². The molecular weight excluding hydrogens is 647 g/mol. The van der Waals surface area contributed by atoms with E-state index in [1.54, 1.807) is 69.1 Å². The van der Waals surface area contributed by atoms with Crippen LogP contribution >= 0.6 is 0 Å². The number of unbranched alkanes of at least 4 members (excludes halogenated alkanes) is 32. The van der Waals surface area contributed by atoms with Gasteiger partial charge >= 0.3 is 295 Å². The molecule has 0 aliphatic heterocycles. The second-order valence-corrected chi connectivity index (χ2v) is 30.1. The second kappa shape index (κ2) is 39.2. The van der Waals surface area contributed by atoms with Crippen molar-refractivity contribution >= 4 is 18.4 Å². The van der Waals surface area contributed by atoms with E-state index in [0.717, 1.165) is 0 Å². The molecule has 0 unspecified atom stereocenters. The summed E-state index contributed by atoms with van der Waals surface area (Å²) in [6.45, 7) is 9.37. The molecule has 1 heteroatoms. The summed E-state index contributed by atoms with van der Waals surface area (Å²) in [6.07, 6.45) is 54.1. The van der Waals surface area contributed by atoms with E-state index in [9.17, 15) is 0 Å². The van der Waals surface area contributed by atoms with Gasteiger partial charge in [0, 0.05) is 0 Å². The van der Waals surface area contributed by atoms with E-state index in [1.165, 1.54) is 180 Å². The standard InChI is InChI=1S/4C11H23.Sn/c4*1-3-5-7-9-11-10-8-6-4-2;/h4*1,3-11H2,2H3;. The van der Waals surface area contributed by atoms with Crippen LogP contribution in [-0.4, -0.2) is 18.4 Å². The van der Waals surface area contributed by atoms with Gasteiger partial charge in [-0.2, -0.15) is 0 Å². The molecule has 0 fully saturated rings. The van der Waals surface area contributed by atoms with Crippen LogP contribution in [0.2, 0.25) is 17.7 Å². The van der Waals surface area contributed by atoms with Crippen molar-refractivity contribution in [2.75, 3.05) is 0 Å². The van der Waals surface area contributed by atoms with Crippen LogP contribution in [0.3, 0.4) is 0 Å². The zero-order chi connectivity index (χ0) is 32.8. The summed E-state index contributed by atoms with van der Waals surface area (Å²) in [6, 6.07) is 0. The summed E-state index contributed by atoms with van der Waals surface area (Å²) >= 11 is -2.07. The van der Waals surface area contributed by atoms with Gasteiger partial charge in [0.1, 0.15) is 0 Å². The van der Waals surface area contributed by atoms with Crippen LogP contribution in [0.4, 0.5) is 0 Å². The Hall–Kier alpha value is 0.799. The molecule has 0 aromatic carbocycles. The molecule has 0 aliphatic carbocycles. The molecule has 0 bridgehead atoms. The molecule has 0 aromatic rings. The molecule has 0 saturated carbocycles. The first kappa shape index (κ1) is 45.8. The Labute approximate surface area is 293 Å². The fourth-order valence-corrected chi connectivity index (χ4v) is 23.7. The first-order valence-electron chi connectivity index (χ1n) is 22.2. The fraction of sp³-hybridized carbons (Fsp3) is 1.00. The predicted octanol–water partition coefficient (Wildman–Crippen LogP) is 17.6. The Balaban J connectivity index is 4.84. The van der Waals surface area contributed by atoms with Gasteiger partial charge in [0.25, 0.3) is 0 Å². The molecule has 0 aromatic heterocycles. The average Bonchev–Trinajstić information content (AvgIpc) is 3.05. The Morgan fingerprint density at radius 2 is 0.311 bits per heavy atom. The van der Waals surface area contributed by atoms with E-state index in [4.69, 9.17) is 0 Å². The molecule has 0 radical (unpaired) electrons. The first-order valence-corrected chi connectivity index (χ1v) is 30.3. The summed E-state index contributed by atoms with van der Waals surface area (Å²) in [7, 11) is 0. The zero-order valence-electron chi connectivity index (χ0n) is 32.8. The fourth-order valence-electron chi connectivity index (χ4n) is 7.99. The summed E-state index contributed by atoms with van der Waals surface area (Å²) in [5.74, 6) is 0. The topological polar surface area (TPSA) is 0 Å². The maximum absolute atomic E-state index is 2.34. The molecule has 0 N–H and O–H groups in total. The third kappa shape index (κ3) is 34.5. The summed E-state index contributed by atoms with van der Waals surface area (Å²) in [5.41, 5.74) is 0. The predicted molar refractivity (Wildman–Crippen MR) is 214 cm³/mol. The summed E-state index contributed by atoms with van der Waals surface area (Å²) < 4.78 is 7.04. The molecule has 0 heterocycles. The average molecular weight is 740 g/mol. The Kier molecular flexibility index (Phi) is 39.9. The zero-order valence-corrected chi connectivity index (χ0v) is 35.6. The van der Waals surface area contributed by atoms with Crippen LogP contribution in [0.15, 0.2) is 0 Å². The van der Waals surface area contributed by atoms with Crippen LogP contribution in [0, 0.1) is 0 Å². The van der Waals surface area contributed by atoms with Gasteiger partial charge in [-0.25, -0.2) is 0 Å². The number of hydrogen-bond acceptors (Lipinski definition) is 0. The van der Waals surface area contributed by atoms with E-state index in [-0.39, 0.29) is 0 Å². The summed E-state index contributed by atoms with van der Waals surface area (Å²) in [4.78, 5) is 0. The monoisotopic (exact) mass is 741 g/mol. The van der Waals surface area contributed by atoms with Gasteiger partial charge < -0.3 is 0 Å². The van der Waals surface area contributed by atoms with Gasteiger partial charge in [-0.05, 0) is 0 Å². The molecular formula is C44H92Sn. The molecule has 45 heavy (non-hydrogen) atoms. The first-order chi connectivity index (χ1) is 22.2. The van der Waals surface area contributed by atoms with Crippen molar-refractivity contribution in [1.29, 1.82) is 0 Å². The van der Waals surface area contributed by atoms with Gasteiger partial charge in [-0.3, -0.25) is 0 Å². The van der Waals surface area contributed by atoms with Gasteiger partial charge in [0.15, 0.2) is 0 Å². The van der Waals surface area contributed by atoms with Crippen molar-refractivity contribution in [3.8, 4) is 0 Å². The Morgan fingerprint density at radius 3 is 0.467 bits per heavy atom. The molecule has 0 amide bonds. The van der Waals surface area contributed by atoms with E-state index >= 15 is 0 Å². The maximum atomic E-state index is 2.34. The van der Waals surface area contributed by atoms with Crippen LogP contribution in [0.25, 0.3) is 0 Å². The third-order valence-corrected chi connectivity index (χ3v) is 27.4. The van der Waals surface area contributed by atoms with Crippen molar-refractivity contribution in [2.45, 2.75) is 277 Å². The van der Waals surface area contributed by atoms with Gasteiger partial charge in [-0.15, -0.1) is 0 Å². The van der Waals surface area contributed by atoms with Crippen LogP contribution in [0.1, 0.15) is 259 Å².